The van der Waals surface area contributed by atoms with Gasteiger partial charge in [-0.25, -0.2) is 4.39 Å². The van der Waals surface area contributed by atoms with Crippen LogP contribution in [0.4, 0.5) is 10.1 Å². The zero-order chi connectivity index (χ0) is 18.0. The summed E-state index contributed by atoms with van der Waals surface area (Å²) in [5.74, 6) is -0.803. The van der Waals surface area contributed by atoms with Crippen LogP contribution < -0.4 is 5.32 Å². The zero-order valence-electron chi connectivity index (χ0n) is 14.4. The first kappa shape index (κ1) is 17.1. The third-order valence-corrected chi connectivity index (χ3v) is 4.56. The summed E-state index contributed by atoms with van der Waals surface area (Å²) in [5, 5.41) is 2.95. The van der Waals surface area contributed by atoms with Gasteiger partial charge in [-0.1, -0.05) is 12.1 Å². The largest absolute Gasteiger partial charge is 0.327 e. The number of hydrogen-bond acceptors (Lipinski definition) is 2. The second kappa shape index (κ2) is 7.05. The van der Waals surface area contributed by atoms with Gasteiger partial charge in [-0.3, -0.25) is 9.59 Å². The molecule has 0 spiro atoms. The second-order valence-electron chi connectivity index (χ2n) is 6.47. The molecular weight excluding hydrogens is 319 g/mol. The summed E-state index contributed by atoms with van der Waals surface area (Å²) in [4.78, 5) is 27.0. The smallest absolute Gasteiger partial charge is 0.254 e. The van der Waals surface area contributed by atoms with Gasteiger partial charge in [0.2, 0.25) is 5.91 Å². The van der Waals surface area contributed by atoms with E-state index in [1.807, 2.05) is 32.0 Å². The minimum absolute atomic E-state index is 0.179. The second-order valence-corrected chi connectivity index (χ2v) is 6.47. The van der Waals surface area contributed by atoms with Gasteiger partial charge in [-0.15, -0.1) is 0 Å². The molecule has 0 aliphatic carbocycles. The first-order valence-corrected chi connectivity index (χ1v) is 8.40. The Balaban J connectivity index is 1.76. The van der Waals surface area contributed by atoms with Gasteiger partial charge < -0.3 is 10.2 Å². The molecule has 5 heteroatoms. The van der Waals surface area contributed by atoms with E-state index in [9.17, 15) is 14.0 Å². The molecule has 2 amide bonds. The summed E-state index contributed by atoms with van der Waals surface area (Å²) in [6.45, 7) is 4.43. The van der Waals surface area contributed by atoms with Gasteiger partial charge in [-0.05, 0) is 68.1 Å². The number of nitrogens with one attached hydrogen (secondary N) is 1. The van der Waals surface area contributed by atoms with E-state index in [4.69, 9.17) is 0 Å². The molecule has 2 aromatic rings. The number of benzene rings is 2. The summed E-state index contributed by atoms with van der Waals surface area (Å²) in [5.41, 5.74) is 3.21. The van der Waals surface area contributed by atoms with Gasteiger partial charge in [0.15, 0.2) is 0 Å². The number of carbonyl (C=O) groups excluding carboxylic acids is 2. The van der Waals surface area contributed by atoms with Crippen LogP contribution in [-0.4, -0.2) is 29.3 Å². The van der Waals surface area contributed by atoms with Crippen molar-refractivity contribution in [2.24, 2.45) is 0 Å². The molecule has 0 aromatic heterocycles. The van der Waals surface area contributed by atoms with Crippen LogP contribution in [-0.2, 0) is 4.79 Å². The Hall–Kier alpha value is -2.69. The van der Waals surface area contributed by atoms with E-state index in [1.54, 1.807) is 4.90 Å². The minimum atomic E-state index is -0.502. The van der Waals surface area contributed by atoms with Gasteiger partial charge in [0.25, 0.3) is 5.91 Å². The van der Waals surface area contributed by atoms with Gasteiger partial charge in [0.05, 0.1) is 0 Å². The zero-order valence-corrected chi connectivity index (χ0v) is 14.4. The van der Waals surface area contributed by atoms with Crippen LogP contribution in [0, 0.1) is 19.7 Å². The molecule has 0 unspecified atom stereocenters. The molecule has 1 N–H and O–H groups in total. The number of halogens is 1. The normalized spacial score (nSPS) is 16.8. The number of rotatable bonds is 3. The van der Waals surface area contributed by atoms with E-state index in [-0.39, 0.29) is 17.6 Å². The molecule has 1 heterocycles. The van der Waals surface area contributed by atoms with Crippen molar-refractivity contribution < 1.29 is 14.0 Å². The third-order valence-electron chi connectivity index (χ3n) is 4.56. The van der Waals surface area contributed by atoms with E-state index >= 15 is 0 Å². The Morgan fingerprint density at radius 3 is 2.56 bits per heavy atom. The van der Waals surface area contributed by atoms with Gasteiger partial charge in [0, 0.05) is 17.8 Å². The number of hydrogen-bond donors (Lipinski definition) is 1. The lowest BCUT2D eigenvalue weighted by molar-refractivity contribution is -0.119. The van der Waals surface area contributed by atoms with Crippen LogP contribution in [0.5, 0.6) is 0 Å². The van der Waals surface area contributed by atoms with Gasteiger partial charge in [-0.2, -0.15) is 0 Å². The van der Waals surface area contributed by atoms with Gasteiger partial charge in [0.1, 0.15) is 11.9 Å². The number of amides is 2. The van der Waals surface area contributed by atoms with Crippen molar-refractivity contribution in [1.82, 2.24) is 4.90 Å². The fourth-order valence-corrected chi connectivity index (χ4v) is 3.13. The highest BCUT2D eigenvalue weighted by Crippen LogP contribution is 2.23. The molecule has 4 nitrogen and oxygen atoms in total. The monoisotopic (exact) mass is 340 g/mol. The Morgan fingerprint density at radius 2 is 1.84 bits per heavy atom. The van der Waals surface area contributed by atoms with E-state index < -0.39 is 6.04 Å². The van der Waals surface area contributed by atoms with Gasteiger partial charge >= 0.3 is 0 Å². The van der Waals surface area contributed by atoms with Crippen molar-refractivity contribution in [3.05, 3.63) is 65.0 Å². The van der Waals surface area contributed by atoms with E-state index in [0.717, 1.165) is 23.2 Å². The maximum atomic E-state index is 13.1. The SMILES string of the molecule is Cc1ccc(C)c(NC(=O)[C@@H]2CCCN2C(=O)c2ccc(F)cc2)c1. The van der Waals surface area contributed by atoms with E-state index in [0.29, 0.717) is 18.5 Å². The average Bonchev–Trinajstić information content (AvgIpc) is 3.08. The van der Waals surface area contributed by atoms with E-state index in [1.165, 1.54) is 24.3 Å². The maximum absolute atomic E-state index is 13.1. The highest BCUT2D eigenvalue weighted by Gasteiger charge is 2.34. The summed E-state index contributed by atoms with van der Waals surface area (Å²) in [6.07, 6.45) is 1.40. The lowest BCUT2D eigenvalue weighted by Gasteiger charge is -2.24. The highest BCUT2D eigenvalue weighted by molar-refractivity contribution is 6.01. The number of nitrogens with zero attached hydrogens (tertiary/aromatic N) is 1. The number of carbonyl (C=O) groups is 2. The summed E-state index contributed by atoms with van der Waals surface area (Å²) >= 11 is 0. The quantitative estimate of drug-likeness (QED) is 0.926. The number of likely N-dealkylation sites (tertiary alicyclic amines) is 1. The standard InChI is InChI=1S/C20H21FN2O2/c1-13-5-6-14(2)17(12-13)22-19(24)18-4-3-11-23(18)20(25)15-7-9-16(21)10-8-15/h5-10,12,18H,3-4,11H2,1-2H3,(H,22,24)/t18-/m0/s1. The first-order chi connectivity index (χ1) is 12.0. The van der Waals surface area contributed by atoms with Crippen LogP contribution in [0.25, 0.3) is 0 Å². The summed E-state index contributed by atoms with van der Waals surface area (Å²) in [6, 6.07) is 10.8. The maximum Gasteiger partial charge on any atom is 0.254 e. The summed E-state index contributed by atoms with van der Waals surface area (Å²) < 4.78 is 13.1. The summed E-state index contributed by atoms with van der Waals surface area (Å²) in [7, 11) is 0. The first-order valence-electron chi connectivity index (χ1n) is 8.40. The van der Waals surface area contributed by atoms with E-state index in [2.05, 4.69) is 5.32 Å². The predicted octanol–water partition coefficient (Wildman–Crippen LogP) is 3.69. The average molecular weight is 340 g/mol. The molecule has 3 rings (SSSR count). The molecule has 25 heavy (non-hydrogen) atoms. The van der Waals surface area contributed by atoms with Crippen LogP contribution >= 0.6 is 0 Å². The Morgan fingerprint density at radius 1 is 1.12 bits per heavy atom. The van der Waals surface area contributed by atoms with Crippen LogP contribution in [0.1, 0.15) is 34.3 Å². The predicted molar refractivity (Wildman–Crippen MR) is 95.0 cm³/mol. The van der Waals surface area contributed by atoms with Crippen LogP contribution in [0.15, 0.2) is 42.5 Å². The van der Waals surface area contributed by atoms with Crippen molar-refractivity contribution in [3.8, 4) is 0 Å². The Bertz CT molecular complexity index is 802. The van der Waals surface area contributed by atoms with Crippen molar-refractivity contribution in [1.29, 1.82) is 0 Å². The fourth-order valence-electron chi connectivity index (χ4n) is 3.13. The molecule has 0 saturated carbocycles. The van der Waals surface area contributed by atoms with Crippen molar-refractivity contribution in [3.63, 3.8) is 0 Å². The minimum Gasteiger partial charge on any atom is -0.327 e. The third kappa shape index (κ3) is 3.71. The molecule has 1 atom stereocenters. The topological polar surface area (TPSA) is 49.4 Å². The number of anilines is 1. The molecule has 2 aromatic carbocycles. The molecule has 1 fully saturated rings. The molecular formula is C20H21FN2O2. The highest BCUT2D eigenvalue weighted by atomic mass is 19.1. The van der Waals surface area contributed by atoms with Crippen LogP contribution in [0.2, 0.25) is 0 Å². The molecule has 1 aliphatic rings. The molecule has 0 bridgehead atoms. The van der Waals surface area contributed by atoms with Crippen LogP contribution in [0.3, 0.4) is 0 Å². The van der Waals surface area contributed by atoms with Crippen molar-refractivity contribution >= 4 is 17.5 Å². The Labute approximate surface area is 146 Å². The lowest BCUT2D eigenvalue weighted by Crippen LogP contribution is -2.43. The molecule has 1 saturated heterocycles. The Kier molecular flexibility index (Phi) is 4.83. The fraction of sp³-hybridized carbons (Fsp3) is 0.300. The number of aryl methyl sites for hydroxylation is 2. The molecule has 130 valence electrons. The molecule has 0 radical (unpaired) electrons. The lowest BCUT2D eigenvalue weighted by atomic mass is 10.1. The van der Waals surface area contributed by atoms with Crippen molar-refractivity contribution in [2.75, 3.05) is 11.9 Å². The van der Waals surface area contributed by atoms with Crippen molar-refractivity contribution in [2.45, 2.75) is 32.7 Å². The molecule has 1 aliphatic heterocycles.